The molecule has 0 spiro atoms. The molecule has 0 saturated heterocycles. The number of halogens is 10. The first-order valence-electron chi connectivity index (χ1n) is 4.08. The molecule has 0 saturated carbocycles. The summed E-state index contributed by atoms with van der Waals surface area (Å²) in [4.78, 5) is 0. The van der Waals surface area contributed by atoms with E-state index in [-0.39, 0.29) is 0 Å². The average Bonchev–Trinajstić information content (AvgIpc) is 2.11. The Labute approximate surface area is 111 Å². The molecule has 19 heavy (non-hydrogen) atoms. The van der Waals surface area contributed by atoms with E-state index in [0.29, 0.717) is 0 Å². The van der Waals surface area contributed by atoms with Crippen LogP contribution in [0.1, 0.15) is 6.42 Å². The van der Waals surface area contributed by atoms with Crippen LogP contribution in [0.2, 0.25) is 0 Å². The summed E-state index contributed by atoms with van der Waals surface area (Å²) in [6, 6.07) is 0. The molecule has 0 rings (SSSR count). The maximum absolute atomic E-state index is 12.8. The van der Waals surface area contributed by atoms with Crippen LogP contribution >= 0.6 is 22.3 Å². The van der Waals surface area contributed by atoms with Crippen molar-refractivity contribution in [2.75, 3.05) is 5.75 Å². The van der Waals surface area contributed by atoms with Crippen LogP contribution in [0.15, 0.2) is 0 Å². The van der Waals surface area contributed by atoms with Crippen LogP contribution in [0.5, 0.6) is 0 Å². The zero-order valence-electron chi connectivity index (χ0n) is 8.42. The van der Waals surface area contributed by atoms with Crippen LogP contribution in [0.3, 0.4) is 0 Å². The van der Waals surface area contributed by atoms with Gasteiger partial charge in [-0.3, -0.25) is 0 Å². The lowest BCUT2D eigenvalue weighted by atomic mass is 10.0. The van der Waals surface area contributed by atoms with E-state index in [2.05, 4.69) is 22.3 Å². The van der Waals surface area contributed by atoms with Crippen molar-refractivity contribution in [1.82, 2.24) is 0 Å². The van der Waals surface area contributed by atoms with Gasteiger partial charge in [0.15, 0.2) is 0 Å². The zero-order chi connectivity index (χ0) is 15.9. The molecule has 0 bridgehead atoms. The fourth-order valence-corrected chi connectivity index (χ4v) is 1.67. The summed E-state index contributed by atoms with van der Waals surface area (Å²) >= 11 is 3.66. The van der Waals surface area contributed by atoms with E-state index in [1.54, 1.807) is 0 Å². The van der Waals surface area contributed by atoms with Gasteiger partial charge in [-0.1, -0.05) is 0 Å². The van der Waals surface area contributed by atoms with E-state index in [4.69, 9.17) is 0 Å². The molecule has 0 aliphatic rings. The largest absolute Gasteiger partial charge is 0.392 e. The van der Waals surface area contributed by atoms with Gasteiger partial charge in [0.2, 0.25) is 9.05 Å². The number of alkyl halides is 9. The third-order valence-electron chi connectivity index (χ3n) is 1.87. The average molecular weight is 363 g/mol. The zero-order valence-corrected chi connectivity index (χ0v) is 10.7. The van der Waals surface area contributed by atoms with E-state index < -0.39 is 44.4 Å². The number of hydrogen-bond donors (Lipinski definition) is 0. The summed E-state index contributed by atoms with van der Waals surface area (Å²) in [6.45, 7) is 0. The summed E-state index contributed by atoms with van der Waals surface area (Å²) in [7, 11) is -0.279. The van der Waals surface area contributed by atoms with Crippen molar-refractivity contribution in [2.45, 2.75) is 29.6 Å². The molecule has 0 N–H and O–H groups in total. The summed E-state index contributed by atoms with van der Waals surface area (Å²) in [5.41, 5.74) is 0. The fraction of sp³-hybridized carbons (Fsp3) is 1.00. The molecule has 0 aromatic rings. The lowest BCUT2D eigenvalue weighted by Crippen LogP contribution is -2.60. The SMILES string of the molecule is O=S(=O)(Cl)CCC(F)(F)C(F)(F)C(F)(F)C(F)(F)Cl. The first kappa shape index (κ1) is 19.0. The van der Waals surface area contributed by atoms with E-state index >= 15 is 0 Å². The van der Waals surface area contributed by atoms with Gasteiger partial charge in [-0.2, -0.15) is 35.1 Å². The highest BCUT2D eigenvalue weighted by molar-refractivity contribution is 8.13. The second-order valence-corrected chi connectivity index (χ2v) is 6.72. The van der Waals surface area contributed by atoms with Crippen LogP contribution in [0, 0.1) is 0 Å². The van der Waals surface area contributed by atoms with Crippen molar-refractivity contribution >= 4 is 31.3 Å². The van der Waals surface area contributed by atoms with Gasteiger partial charge in [0, 0.05) is 17.1 Å². The third-order valence-corrected chi connectivity index (χ3v) is 3.26. The molecule has 0 radical (unpaired) electrons. The van der Waals surface area contributed by atoms with Crippen LogP contribution in [-0.2, 0) is 9.05 Å². The molecule has 0 aliphatic heterocycles. The van der Waals surface area contributed by atoms with Gasteiger partial charge in [0.05, 0.1) is 5.75 Å². The van der Waals surface area contributed by atoms with Crippen LogP contribution in [-0.4, -0.2) is 37.3 Å². The maximum atomic E-state index is 12.8. The van der Waals surface area contributed by atoms with Gasteiger partial charge in [-0.25, -0.2) is 8.42 Å². The lowest BCUT2D eigenvalue weighted by Gasteiger charge is -2.34. The molecule has 0 unspecified atom stereocenters. The Morgan fingerprint density at radius 1 is 0.842 bits per heavy atom. The Balaban J connectivity index is 5.40. The summed E-state index contributed by atoms with van der Waals surface area (Å²) < 4.78 is 121. The van der Waals surface area contributed by atoms with E-state index in [1.807, 2.05) is 0 Å². The molecular weight excluding hydrogens is 359 g/mol. The van der Waals surface area contributed by atoms with Gasteiger partial charge in [0.1, 0.15) is 0 Å². The number of hydrogen-bond acceptors (Lipinski definition) is 2. The standard InChI is InChI=1S/C6H4Cl2F8O2S/c7-6(15,16)5(13,14)4(11,12)3(9,10)1-2-19(8,17)18/h1-2H2. The summed E-state index contributed by atoms with van der Waals surface area (Å²) in [5.74, 6) is -20.8. The minimum absolute atomic E-state index is 1.82. The molecule has 0 aliphatic carbocycles. The molecule has 0 atom stereocenters. The van der Waals surface area contributed by atoms with E-state index in [0.717, 1.165) is 0 Å². The van der Waals surface area contributed by atoms with Gasteiger partial charge in [-0.15, -0.1) is 0 Å². The molecule has 0 amide bonds. The van der Waals surface area contributed by atoms with Crippen molar-refractivity contribution in [3.05, 3.63) is 0 Å². The van der Waals surface area contributed by atoms with Crippen molar-refractivity contribution in [3.63, 3.8) is 0 Å². The second kappa shape index (κ2) is 5.06. The topological polar surface area (TPSA) is 34.1 Å². The highest BCUT2D eigenvalue weighted by Crippen LogP contribution is 2.54. The summed E-state index contributed by atoms with van der Waals surface area (Å²) in [5, 5.41) is -5.96. The minimum Gasteiger partial charge on any atom is -0.212 e. The Morgan fingerprint density at radius 3 is 1.47 bits per heavy atom. The highest BCUT2D eigenvalue weighted by Gasteiger charge is 2.80. The predicted octanol–water partition coefficient (Wildman–Crippen LogP) is 3.68. The predicted molar refractivity (Wildman–Crippen MR) is 49.9 cm³/mol. The third kappa shape index (κ3) is 3.97. The van der Waals surface area contributed by atoms with Crippen LogP contribution in [0.25, 0.3) is 0 Å². The van der Waals surface area contributed by atoms with Gasteiger partial charge < -0.3 is 0 Å². The summed E-state index contributed by atoms with van der Waals surface area (Å²) in [6.07, 6.45) is -2.38. The number of rotatable bonds is 6. The van der Waals surface area contributed by atoms with E-state index in [9.17, 15) is 43.5 Å². The normalized spacial score (nSPS) is 15.7. The van der Waals surface area contributed by atoms with Crippen molar-refractivity contribution < 1.29 is 43.5 Å². The molecule has 0 aromatic carbocycles. The molecule has 0 aromatic heterocycles. The van der Waals surface area contributed by atoms with Crippen LogP contribution in [0.4, 0.5) is 35.1 Å². The van der Waals surface area contributed by atoms with Gasteiger partial charge in [0.25, 0.3) is 0 Å². The molecule has 2 nitrogen and oxygen atoms in total. The maximum Gasteiger partial charge on any atom is 0.392 e. The molecule has 0 heterocycles. The van der Waals surface area contributed by atoms with Crippen LogP contribution < -0.4 is 0 Å². The van der Waals surface area contributed by atoms with Gasteiger partial charge in [-0.05, 0) is 11.6 Å². The van der Waals surface area contributed by atoms with Crippen molar-refractivity contribution in [3.8, 4) is 0 Å². The van der Waals surface area contributed by atoms with E-state index in [1.165, 1.54) is 0 Å². The smallest absolute Gasteiger partial charge is 0.212 e. The highest BCUT2D eigenvalue weighted by atomic mass is 35.7. The van der Waals surface area contributed by atoms with Crippen molar-refractivity contribution in [1.29, 1.82) is 0 Å². The molecule has 13 heteroatoms. The minimum atomic E-state index is -6.60. The quantitative estimate of drug-likeness (QED) is 0.410. The fourth-order valence-electron chi connectivity index (χ4n) is 0.815. The van der Waals surface area contributed by atoms with Crippen molar-refractivity contribution in [2.24, 2.45) is 0 Å². The monoisotopic (exact) mass is 362 g/mol. The second-order valence-electron chi connectivity index (χ2n) is 3.34. The molecule has 0 fully saturated rings. The Hall–Kier alpha value is -0.0300. The Morgan fingerprint density at radius 2 is 1.21 bits per heavy atom. The first-order chi connectivity index (χ1) is 7.96. The lowest BCUT2D eigenvalue weighted by molar-refractivity contribution is -0.348. The Kier molecular flexibility index (Phi) is 5.06. The Bertz CT molecular complexity index is 429. The molecule has 116 valence electrons. The molecular formula is C6H4Cl2F8O2S. The first-order valence-corrected chi connectivity index (χ1v) is 6.94. The van der Waals surface area contributed by atoms with Gasteiger partial charge >= 0.3 is 23.1 Å².